The zero-order valence-electron chi connectivity index (χ0n) is 25.1. The van der Waals surface area contributed by atoms with Crippen LogP contribution < -0.4 is 4.90 Å². The molecular formula is C44H29NS. The smallest absolute Gasteiger partial charge is 0.0468 e. The van der Waals surface area contributed by atoms with E-state index in [1.165, 1.54) is 64.0 Å². The topological polar surface area (TPSA) is 3.24 Å². The van der Waals surface area contributed by atoms with Gasteiger partial charge in [0.05, 0.1) is 0 Å². The summed E-state index contributed by atoms with van der Waals surface area (Å²) in [5.74, 6) is 0. The first kappa shape index (κ1) is 26.7. The van der Waals surface area contributed by atoms with Gasteiger partial charge in [-0.25, -0.2) is 0 Å². The molecule has 2 heteroatoms. The van der Waals surface area contributed by atoms with Crippen LogP contribution in [0.3, 0.4) is 0 Å². The highest BCUT2D eigenvalue weighted by Crippen LogP contribution is 2.43. The Kier molecular flexibility index (Phi) is 6.40. The molecule has 1 nitrogen and oxygen atoms in total. The lowest BCUT2D eigenvalue weighted by atomic mass is 9.98. The SMILES string of the molecule is c1ccc(-c2cccc(N(c3ccc(-c4cccc5ccccc45)cc3)c3ccc4sc5c6ccccc6ccc5c4c3)c2)cc1. The molecular weight excluding hydrogens is 575 g/mol. The second-order valence-electron chi connectivity index (χ2n) is 11.8. The molecule has 9 rings (SSSR count). The summed E-state index contributed by atoms with van der Waals surface area (Å²) in [6.45, 7) is 0. The molecule has 0 N–H and O–H groups in total. The highest BCUT2D eigenvalue weighted by molar-refractivity contribution is 7.26. The third-order valence-electron chi connectivity index (χ3n) is 9.04. The van der Waals surface area contributed by atoms with E-state index in [0.29, 0.717) is 0 Å². The van der Waals surface area contributed by atoms with E-state index in [1.54, 1.807) is 0 Å². The first-order chi connectivity index (χ1) is 22.8. The second-order valence-corrected chi connectivity index (χ2v) is 12.8. The Morgan fingerprint density at radius 2 is 1.00 bits per heavy atom. The predicted molar refractivity (Wildman–Crippen MR) is 200 cm³/mol. The quantitative estimate of drug-likeness (QED) is 0.189. The summed E-state index contributed by atoms with van der Waals surface area (Å²) in [7, 11) is 0. The lowest BCUT2D eigenvalue weighted by Gasteiger charge is -2.26. The van der Waals surface area contributed by atoms with Crippen LogP contribution in [-0.4, -0.2) is 0 Å². The highest BCUT2D eigenvalue weighted by atomic mass is 32.1. The van der Waals surface area contributed by atoms with Gasteiger partial charge in [-0.1, -0.05) is 133 Å². The van der Waals surface area contributed by atoms with Crippen molar-refractivity contribution in [3.63, 3.8) is 0 Å². The molecule has 8 aromatic carbocycles. The Balaban J connectivity index is 1.21. The van der Waals surface area contributed by atoms with Gasteiger partial charge in [-0.05, 0) is 86.3 Å². The normalized spacial score (nSPS) is 11.5. The molecule has 0 aliphatic rings. The first-order valence-corrected chi connectivity index (χ1v) is 16.5. The predicted octanol–water partition coefficient (Wildman–Crippen LogP) is 13.2. The van der Waals surface area contributed by atoms with Crippen LogP contribution in [0.15, 0.2) is 176 Å². The van der Waals surface area contributed by atoms with Crippen molar-refractivity contribution in [3.8, 4) is 22.3 Å². The summed E-state index contributed by atoms with van der Waals surface area (Å²) in [6, 6.07) is 63.9. The average Bonchev–Trinajstić information content (AvgIpc) is 3.51. The summed E-state index contributed by atoms with van der Waals surface area (Å²) in [6.07, 6.45) is 0. The summed E-state index contributed by atoms with van der Waals surface area (Å²) in [4.78, 5) is 2.39. The number of benzene rings is 8. The van der Waals surface area contributed by atoms with Gasteiger partial charge in [0.15, 0.2) is 0 Å². The fraction of sp³-hybridized carbons (Fsp3) is 0. The van der Waals surface area contributed by atoms with E-state index in [4.69, 9.17) is 0 Å². The molecule has 0 aliphatic heterocycles. The molecule has 1 heterocycles. The van der Waals surface area contributed by atoms with E-state index < -0.39 is 0 Å². The minimum Gasteiger partial charge on any atom is -0.310 e. The first-order valence-electron chi connectivity index (χ1n) is 15.7. The number of hydrogen-bond acceptors (Lipinski definition) is 2. The monoisotopic (exact) mass is 603 g/mol. The Morgan fingerprint density at radius 1 is 0.348 bits per heavy atom. The zero-order chi connectivity index (χ0) is 30.5. The van der Waals surface area contributed by atoms with Gasteiger partial charge in [-0.2, -0.15) is 0 Å². The van der Waals surface area contributed by atoms with Crippen molar-refractivity contribution in [3.05, 3.63) is 176 Å². The number of fused-ring (bicyclic) bond motifs is 6. The van der Waals surface area contributed by atoms with Crippen LogP contribution in [0.1, 0.15) is 0 Å². The molecule has 0 unspecified atom stereocenters. The molecule has 46 heavy (non-hydrogen) atoms. The molecule has 0 bridgehead atoms. The summed E-state index contributed by atoms with van der Waals surface area (Å²) < 4.78 is 2.65. The van der Waals surface area contributed by atoms with Crippen molar-refractivity contribution in [1.29, 1.82) is 0 Å². The Labute approximate surface area is 272 Å². The molecule has 216 valence electrons. The molecule has 0 aliphatic carbocycles. The lowest BCUT2D eigenvalue weighted by Crippen LogP contribution is -2.10. The number of nitrogens with zero attached hydrogens (tertiary/aromatic N) is 1. The Hall–Kier alpha value is -5.70. The van der Waals surface area contributed by atoms with Gasteiger partial charge in [0.1, 0.15) is 0 Å². The molecule has 0 saturated carbocycles. The average molecular weight is 604 g/mol. The fourth-order valence-electron chi connectivity index (χ4n) is 6.80. The van der Waals surface area contributed by atoms with Crippen molar-refractivity contribution < 1.29 is 0 Å². The summed E-state index contributed by atoms with van der Waals surface area (Å²) in [5, 5.41) is 7.73. The van der Waals surface area contributed by atoms with Gasteiger partial charge in [-0.15, -0.1) is 11.3 Å². The third kappa shape index (κ3) is 4.54. The van der Waals surface area contributed by atoms with Gasteiger partial charge in [0.2, 0.25) is 0 Å². The molecule has 0 saturated heterocycles. The van der Waals surface area contributed by atoms with Crippen molar-refractivity contribution in [2.75, 3.05) is 4.90 Å². The van der Waals surface area contributed by atoms with E-state index in [1.807, 2.05) is 11.3 Å². The molecule has 0 radical (unpaired) electrons. The van der Waals surface area contributed by atoms with Crippen molar-refractivity contribution in [2.24, 2.45) is 0 Å². The minimum atomic E-state index is 1.12. The van der Waals surface area contributed by atoms with Gasteiger partial charge in [-0.3, -0.25) is 0 Å². The van der Waals surface area contributed by atoms with Crippen LogP contribution in [0.25, 0.3) is 64.0 Å². The molecule has 0 fully saturated rings. The van der Waals surface area contributed by atoms with Crippen LogP contribution in [0.5, 0.6) is 0 Å². The van der Waals surface area contributed by atoms with Crippen LogP contribution in [0.4, 0.5) is 17.1 Å². The number of thiophene rings is 1. The lowest BCUT2D eigenvalue weighted by molar-refractivity contribution is 1.29. The van der Waals surface area contributed by atoms with Crippen molar-refractivity contribution in [1.82, 2.24) is 0 Å². The maximum atomic E-state index is 2.39. The summed E-state index contributed by atoms with van der Waals surface area (Å²) >= 11 is 1.88. The van der Waals surface area contributed by atoms with Gasteiger partial charge in [0.25, 0.3) is 0 Å². The van der Waals surface area contributed by atoms with E-state index >= 15 is 0 Å². The fourth-order valence-corrected chi connectivity index (χ4v) is 8.02. The number of hydrogen-bond donors (Lipinski definition) is 0. The molecule has 1 aromatic heterocycles. The Morgan fingerprint density at radius 3 is 1.85 bits per heavy atom. The van der Waals surface area contributed by atoms with Crippen LogP contribution >= 0.6 is 11.3 Å². The highest BCUT2D eigenvalue weighted by Gasteiger charge is 2.17. The van der Waals surface area contributed by atoms with Gasteiger partial charge in [0, 0.05) is 37.2 Å². The van der Waals surface area contributed by atoms with Gasteiger partial charge < -0.3 is 4.90 Å². The van der Waals surface area contributed by atoms with Crippen molar-refractivity contribution >= 4 is 70.1 Å². The maximum Gasteiger partial charge on any atom is 0.0468 e. The number of anilines is 3. The molecule has 0 spiro atoms. The standard InChI is InChI=1S/C44H29NS/c1-2-10-30(11-3-1)34-15-8-16-36(28-34)45(35-23-20-33(21-24-35)39-19-9-14-31-12-4-6-17-38(31)39)37-25-27-43-42(29-37)41-26-22-32-13-5-7-18-40(32)44(41)46-43/h1-29H. The van der Waals surface area contributed by atoms with Crippen molar-refractivity contribution in [2.45, 2.75) is 0 Å². The second kappa shape index (κ2) is 11.0. The molecule has 9 aromatic rings. The largest absolute Gasteiger partial charge is 0.310 e. The Bertz CT molecular complexity index is 2520. The molecule has 0 atom stereocenters. The third-order valence-corrected chi connectivity index (χ3v) is 10.3. The van der Waals surface area contributed by atoms with E-state index in [-0.39, 0.29) is 0 Å². The summed E-state index contributed by atoms with van der Waals surface area (Å²) in [5.41, 5.74) is 8.27. The van der Waals surface area contributed by atoms with Gasteiger partial charge >= 0.3 is 0 Å². The van der Waals surface area contributed by atoms with E-state index in [0.717, 1.165) is 17.1 Å². The van der Waals surface area contributed by atoms with E-state index in [9.17, 15) is 0 Å². The number of rotatable bonds is 5. The zero-order valence-corrected chi connectivity index (χ0v) is 25.9. The van der Waals surface area contributed by atoms with Crippen LogP contribution in [0.2, 0.25) is 0 Å². The van der Waals surface area contributed by atoms with E-state index in [2.05, 4.69) is 181 Å². The molecule has 0 amide bonds. The maximum absolute atomic E-state index is 2.39. The minimum absolute atomic E-state index is 1.12. The van der Waals surface area contributed by atoms with Crippen LogP contribution in [-0.2, 0) is 0 Å². The van der Waals surface area contributed by atoms with Crippen LogP contribution in [0, 0.1) is 0 Å².